The van der Waals surface area contributed by atoms with Gasteiger partial charge in [-0.3, -0.25) is 9.59 Å². The van der Waals surface area contributed by atoms with Gasteiger partial charge >= 0.3 is 5.97 Å². The molecule has 0 amide bonds. The van der Waals surface area contributed by atoms with Crippen molar-refractivity contribution in [1.82, 2.24) is 4.31 Å². The first-order chi connectivity index (χ1) is 10.6. The summed E-state index contributed by atoms with van der Waals surface area (Å²) in [6.45, 7) is 4.55. The predicted molar refractivity (Wildman–Crippen MR) is 84.3 cm³/mol. The highest BCUT2D eigenvalue weighted by Crippen LogP contribution is 2.64. The van der Waals surface area contributed by atoms with Crippen LogP contribution in [0.5, 0.6) is 0 Å². The highest BCUT2D eigenvalue weighted by atomic mass is 32.2. The maximum absolute atomic E-state index is 12.9. The highest BCUT2D eigenvalue weighted by Gasteiger charge is 2.65. The second-order valence-corrected chi connectivity index (χ2v) is 9.90. The summed E-state index contributed by atoms with van der Waals surface area (Å²) in [5.74, 6) is -1.03. The second-order valence-electron chi connectivity index (χ2n) is 7.93. The molecule has 1 N–H and O–H groups in total. The molecule has 1 aliphatic heterocycles. The molecule has 3 fully saturated rings. The van der Waals surface area contributed by atoms with Crippen LogP contribution >= 0.6 is 0 Å². The molecule has 1 saturated heterocycles. The molecule has 2 saturated carbocycles. The van der Waals surface area contributed by atoms with E-state index in [-0.39, 0.29) is 30.0 Å². The number of aliphatic carboxylic acids is 1. The van der Waals surface area contributed by atoms with Gasteiger partial charge in [-0.05, 0) is 37.0 Å². The van der Waals surface area contributed by atoms with Crippen LogP contribution in [0.15, 0.2) is 0 Å². The van der Waals surface area contributed by atoms with Crippen molar-refractivity contribution in [3.8, 4) is 0 Å². The standard InChI is InChI=1S/C16H25NO5S/c1-15(2)12-3-6-16(15,13(18)9-12)10-23(21,22)17-7-4-11(5-8-17)14(19)20/h11-12H,3-10H2,1-2H3,(H,19,20)/t12-,16-/m0/s1. The molecule has 0 radical (unpaired) electrons. The first-order valence-corrected chi connectivity index (χ1v) is 9.95. The van der Waals surface area contributed by atoms with Crippen LogP contribution < -0.4 is 0 Å². The zero-order valence-corrected chi connectivity index (χ0v) is 14.6. The lowest BCUT2D eigenvalue weighted by Crippen LogP contribution is -2.48. The molecule has 6 nitrogen and oxygen atoms in total. The number of hydrogen-bond donors (Lipinski definition) is 1. The third kappa shape index (κ3) is 2.43. The van der Waals surface area contributed by atoms with Gasteiger partial charge in [-0.25, -0.2) is 12.7 Å². The summed E-state index contributed by atoms with van der Waals surface area (Å²) in [5.41, 5.74) is -1.02. The van der Waals surface area contributed by atoms with Gasteiger partial charge < -0.3 is 5.11 Å². The van der Waals surface area contributed by atoms with E-state index in [0.29, 0.717) is 31.6 Å². The van der Waals surface area contributed by atoms with Gasteiger partial charge in [0.05, 0.1) is 11.7 Å². The van der Waals surface area contributed by atoms with Crippen LogP contribution in [-0.2, 0) is 19.6 Å². The van der Waals surface area contributed by atoms with Crippen LogP contribution in [0.4, 0.5) is 0 Å². The maximum atomic E-state index is 12.9. The molecule has 0 unspecified atom stereocenters. The van der Waals surface area contributed by atoms with E-state index in [9.17, 15) is 18.0 Å². The molecule has 130 valence electrons. The van der Waals surface area contributed by atoms with E-state index in [2.05, 4.69) is 0 Å². The molecular weight excluding hydrogens is 318 g/mol. The first kappa shape index (κ1) is 16.9. The van der Waals surface area contributed by atoms with Crippen molar-refractivity contribution >= 4 is 21.8 Å². The van der Waals surface area contributed by atoms with E-state index in [1.165, 1.54) is 4.31 Å². The zero-order valence-electron chi connectivity index (χ0n) is 13.7. The largest absolute Gasteiger partial charge is 0.481 e. The third-order valence-corrected chi connectivity index (χ3v) is 8.77. The number of nitrogens with zero attached hydrogens (tertiary/aromatic N) is 1. The quantitative estimate of drug-likeness (QED) is 0.835. The molecule has 2 atom stereocenters. The Morgan fingerprint density at radius 1 is 1.26 bits per heavy atom. The minimum atomic E-state index is -3.54. The molecule has 3 aliphatic rings. The number of carbonyl (C=O) groups is 2. The van der Waals surface area contributed by atoms with Crippen molar-refractivity contribution in [2.24, 2.45) is 22.7 Å². The minimum absolute atomic E-state index is 0.0998. The number of carboxylic acids is 1. The molecule has 2 aliphatic carbocycles. The summed E-state index contributed by atoms with van der Waals surface area (Å²) in [6.07, 6.45) is 2.79. The molecule has 7 heteroatoms. The number of ketones is 1. The van der Waals surface area contributed by atoms with Gasteiger partial charge in [-0.2, -0.15) is 0 Å². The lowest BCUT2D eigenvalue weighted by molar-refractivity contribution is -0.142. The molecule has 0 spiro atoms. The predicted octanol–water partition coefficient (Wildman–Crippen LogP) is 1.51. The van der Waals surface area contributed by atoms with Gasteiger partial charge in [-0.15, -0.1) is 0 Å². The van der Waals surface area contributed by atoms with Crippen LogP contribution in [0, 0.1) is 22.7 Å². The molecule has 0 aromatic heterocycles. The van der Waals surface area contributed by atoms with E-state index in [1.54, 1.807) is 0 Å². The number of piperidine rings is 1. The van der Waals surface area contributed by atoms with Crippen molar-refractivity contribution in [2.75, 3.05) is 18.8 Å². The van der Waals surface area contributed by atoms with Gasteiger partial charge in [0.1, 0.15) is 5.78 Å². The summed E-state index contributed by atoms with van der Waals surface area (Å²) in [7, 11) is -3.54. The third-order valence-electron chi connectivity index (χ3n) is 6.76. The van der Waals surface area contributed by atoms with Gasteiger partial charge in [-0.1, -0.05) is 13.8 Å². The van der Waals surface area contributed by atoms with Crippen molar-refractivity contribution in [3.05, 3.63) is 0 Å². The maximum Gasteiger partial charge on any atom is 0.306 e. The summed E-state index contributed by atoms with van der Waals surface area (Å²) < 4.78 is 27.1. The fourth-order valence-electron chi connectivity index (χ4n) is 4.89. The lowest BCUT2D eigenvalue weighted by Gasteiger charge is -2.38. The fourth-order valence-corrected chi connectivity index (χ4v) is 7.14. The summed E-state index contributed by atoms with van der Waals surface area (Å²) in [6, 6.07) is 0. The lowest BCUT2D eigenvalue weighted by atomic mass is 9.70. The Labute approximate surface area is 137 Å². The number of fused-ring (bicyclic) bond motifs is 2. The van der Waals surface area contributed by atoms with E-state index < -0.39 is 27.3 Å². The number of Topliss-reactive ketones (excluding diaryl/α,β-unsaturated/α-hetero) is 1. The number of carbonyl (C=O) groups excluding carboxylic acids is 1. The van der Waals surface area contributed by atoms with Gasteiger partial charge in [0.2, 0.25) is 10.0 Å². The van der Waals surface area contributed by atoms with E-state index >= 15 is 0 Å². The summed E-state index contributed by atoms with van der Waals surface area (Å²) >= 11 is 0. The van der Waals surface area contributed by atoms with E-state index in [4.69, 9.17) is 5.11 Å². The monoisotopic (exact) mass is 343 g/mol. The average Bonchev–Trinajstić information content (AvgIpc) is 2.81. The van der Waals surface area contributed by atoms with Crippen molar-refractivity contribution in [3.63, 3.8) is 0 Å². The van der Waals surface area contributed by atoms with Crippen LogP contribution in [0.2, 0.25) is 0 Å². The van der Waals surface area contributed by atoms with Crippen LogP contribution in [0.3, 0.4) is 0 Å². The topological polar surface area (TPSA) is 91.8 Å². The smallest absolute Gasteiger partial charge is 0.306 e. The first-order valence-electron chi connectivity index (χ1n) is 8.34. The molecule has 0 aromatic rings. The Hall–Kier alpha value is -0.950. The molecule has 2 bridgehead atoms. The molecule has 3 rings (SSSR count). The van der Waals surface area contributed by atoms with Crippen molar-refractivity contribution in [2.45, 2.75) is 46.0 Å². The summed E-state index contributed by atoms with van der Waals surface area (Å²) in [4.78, 5) is 23.5. The molecule has 1 heterocycles. The number of rotatable bonds is 4. The Bertz CT molecular complexity index is 633. The zero-order chi connectivity index (χ0) is 17.0. The normalized spacial score (nSPS) is 34.9. The van der Waals surface area contributed by atoms with Crippen LogP contribution in [0.1, 0.15) is 46.0 Å². The van der Waals surface area contributed by atoms with Crippen molar-refractivity contribution in [1.29, 1.82) is 0 Å². The molecule has 0 aromatic carbocycles. The average molecular weight is 343 g/mol. The van der Waals surface area contributed by atoms with Crippen LogP contribution in [0.25, 0.3) is 0 Å². The number of sulfonamides is 1. The Morgan fingerprint density at radius 2 is 1.87 bits per heavy atom. The highest BCUT2D eigenvalue weighted by molar-refractivity contribution is 7.89. The van der Waals surface area contributed by atoms with Crippen LogP contribution in [-0.4, -0.2) is 48.4 Å². The van der Waals surface area contributed by atoms with E-state index in [0.717, 1.165) is 6.42 Å². The summed E-state index contributed by atoms with van der Waals surface area (Å²) in [5, 5.41) is 9.03. The fraction of sp³-hybridized carbons (Fsp3) is 0.875. The van der Waals surface area contributed by atoms with Crippen molar-refractivity contribution < 1.29 is 23.1 Å². The SMILES string of the molecule is CC1(C)[C@H]2CC[C@]1(CS(=O)(=O)N1CCC(C(=O)O)CC1)C(=O)C2. The second kappa shape index (κ2) is 5.28. The molecular formula is C16H25NO5S. The Balaban J connectivity index is 1.77. The Morgan fingerprint density at radius 3 is 2.30 bits per heavy atom. The van der Waals surface area contributed by atoms with E-state index in [1.807, 2.05) is 13.8 Å². The molecule has 23 heavy (non-hydrogen) atoms. The van der Waals surface area contributed by atoms with Gasteiger partial charge in [0, 0.05) is 24.9 Å². The van der Waals surface area contributed by atoms with Gasteiger partial charge in [0.15, 0.2) is 0 Å². The van der Waals surface area contributed by atoms with Gasteiger partial charge in [0.25, 0.3) is 0 Å². The number of hydrogen-bond acceptors (Lipinski definition) is 4. The Kier molecular flexibility index (Phi) is 3.87. The minimum Gasteiger partial charge on any atom is -0.481 e. The number of carboxylic acid groups (broad SMARTS) is 1.